The Hall–Kier alpha value is -2.58. The average Bonchev–Trinajstić information content (AvgIpc) is 3.59. The zero-order valence-electron chi connectivity index (χ0n) is 20.5. The van der Waals surface area contributed by atoms with E-state index in [0.717, 1.165) is 70.5 Å². The minimum absolute atomic E-state index is 0.0444. The van der Waals surface area contributed by atoms with Gasteiger partial charge in [-0.25, -0.2) is 0 Å². The Bertz CT molecular complexity index is 1000. The number of hydrogen-bond donors (Lipinski definition) is 1. The molecule has 1 aliphatic carbocycles. The minimum Gasteiger partial charge on any atom is -0.463 e. The molecule has 3 aliphatic rings. The number of amides is 2. The number of rotatable bonds is 7. The van der Waals surface area contributed by atoms with Crippen molar-refractivity contribution in [2.75, 3.05) is 46.3 Å². The fourth-order valence-corrected chi connectivity index (χ4v) is 5.70. The third-order valence-corrected chi connectivity index (χ3v) is 7.91. The Morgan fingerprint density at radius 3 is 2.53 bits per heavy atom. The number of nitrogens with zero attached hydrogens (tertiary/aromatic N) is 4. The van der Waals surface area contributed by atoms with Crippen LogP contribution in [0.4, 0.5) is 0 Å². The van der Waals surface area contributed by atoms with Gasteiger partial charge in [0.1, 0.15) is 17.0 Å². The van der Waals surface area contributed by atoms with Gasteiger partial charge in [0, 0.05) is 38.8 Å². The van der Waals surface area contributed by atoms with Crippen LogP contribution in [-0.2, 0) is 11.3 Å². The van der Waals surface area contributed by atoms with Crippen LogP contribution in [-0.4, -0.2) is 89.0 Å². The fourth-order valence-electron chi connectivity index (χ4n) is 5.70. The quantitative estimate of drug-likeness (QED) is 0.678. The summed E-state index contributed by atoms with van der Waals surface area (Å²) >= 11 is 0. The molecule has 4 heterocycles. The summed E-state index contributed by atoms with van der Waals surface area (Å²) in [5.74, 6) is 0.588. The lowest BCUT2D eigenvalue weighted by atomic mass is 9.93. The van der Waals surface area contributed by atoms with Crippen molar-refractivity contribution < 1.29 is 14.0 Å². The summed E-state index contributed by atoms with van der Waals surface area (Å²) < 4.78 is 7.59. The molecule has 8 nitrogen and oxygen atoms in total. The van der Waals surface area contributed by atoms with Crippen molar-refractivity contribution in [1.82, 2.24) is 24.6 Å². The second kappa shape index (κ2) is 9.58. The zero-order chi connectivity index (χ0) is 23.7. The first-order valence-electron chi connectivity index (χ1n) is 12.7. The van der Waals surface area contributed by atoms with E-state index in [2.05, 4.69) is 22.2 Å². The van der Waals surface area contributed by atoms with E-state index in [0.29, 0.717) is 24.5 Å². The molecule has 2 fully saturated rings. The zero-order valence-corrected chi connectivity index (χ0v) is 20.5. The van der Waals surface area contributed by atoms with E-state index < -0.39 is 5.54 Å². The number of aromatic nitrogens is 1. The molecular weight excluding hydrogens is 430 g/mol. The van der Waals surface area contributed by atoms with Crippen LogP contribution in [0.25, 0.3) is 11.5 Å². The summed E-state index contributed by atoms with van der Waals surface area (Å²) in [5.41, 5.74) is 0.511. The molecule has 184 valence electrons. The lowest BCUT2D eigenvalue weighted by Crippen LogP contribution is -2.65. The molecule has 0 aromatic carbocycles. The maximum Gasteiger partial charge on any atom is 0.271 e. The van der Waals surface area contributed by atoms with E-state index in [4.69, 9.17) is 4.42 Å². The third kappa shape index (κ3) is 4.41. The van der Waals surface area contributed by atoms with Gasteiger partial charge in [0.15, 0.2) is 0 Å². The van der Waals surface area contributed by atoms with E-state index in [1.165, 1.54) is 0 Å². The van der Waals surface area contributed by atoms with Gasteiger partial charge in [0.05, 0.1) is 18.5 Å². The Labute approximate surface area is 201 Å². The Kier molecular flexibility index (Phi) is 6.53. The van der Waals surface area contributed by atoms with Gasteiger partial charge in [-0.05, 0) is 64.0 Å². The number of carbonyl (C=O) groups is 2. The Morgan fingerprint density at radius 1 is 1.09 bits per heavy atom. The first-order chi connectivity index (χ1) is 16.5. The van der Waals surface area contributed by atoms with Gasteiger partial charge in [0.25, 0.3) is 5.91 Å². The molecule has 8 heteroatoms. The summed E-state index contributed by atoms with van der Waals surface area (Å²) in [6, 6.07) is 7.74. The number of likely N-dealkylation sites (N-methyl/N-ethyl adjacent to an activating group) is 1. The van der Waals surface area contributed by atoms with Gasteiger partial charge in [-0.3, -0.25) is 9.59 Å². The smallest absolute Gasteiger partial charge is 0.271 e. The molecule has 2 aliphatic heterocycles. The topological polar surface area (TPSA) is 74.0 Å². The highest BCUT2D eigenvalue weighted by atomic mass is 16.3. The van der Waals surface area contributed by atoms with Crippen LogP contribution in [0, 0.1) is 0 Å². The SMILES string of the molecule is CN1CCN(CCCN2C(=O)c3ccc(-c4ccco4)n3C[C@]2(C)C(=O)NC2CCCC2)CC1. The Balaban J connectivity index is 1.38. The summed E-state index contributed by atoms with van der Waals surface area (Å²) in [6.45, 7) is 8.13. The third-order valence-electron chi connectivity index (χ3n) is 7.91. The van der Waals surface area contributed by atoms with Crippen LogP contribution in [0.3, 0.4) is 0 Å². The Morgan fingerprint density at radius 2 is 1.82 bits per heavy atom. The minimum atomic E-state index is -0.949. The van der Waals surface area contributed by atoms with Gasteiger partial charge in [-0.15, -0.1) is 0 Å². The average molecular weight is 468 g/mol. The van der Waals surface area contributed by atoms with Crippen LogP contribution in [0.15, 0.2) is 34.9 Å². The van der Waals surface area contributed by atoms with Crippen molar-refractivity contribution in [1.29, 1.82) is 0 Å². The molecule has 1 saturated heterocycles. The molecule has 2 amide bonds. The highest BCUT2D eigenvalue weighted by Gasteiger charge is 2.48. The van der Waals surface area contributed by atoms with Gasteiger partial charge in [-0.1, -0.05) is 12.8 Å². The molecule has 0 bridgehead atoms. The number of nitrogens with one attached hydrogen (secondary N) is 1. The van der Waals surface area contributed by atoms with E-state index >= 15 is 0 Å². The largest absolute Gasteiger partial charge is 0.463 e. The van der Waals surface area contributed by atoms with Crippen molar-refractivity contribution in [3.8, 4) is 11.5 Å². The second-order valence-corrected chi connectivity index (χ2v) is 10.4. The molecule has 1 atom stereocenters. The van der Waals surface area contributed by atoms with Crippen LogP contribution in [0.1, 0.15) is 49.5 Å². The molecule has 34 heavy (non-hydrogen) atoms. The maximum absolute atomic E-state index is 13.8. The van der Waals surface area contributed by atoms with Crippen molar-refractivity contribution in [2.45, 2.75) is 57.2 Å². The van der Waals surface area contributed by atoms with Crippen molar-refractivity contribution in [3.63, 3.8) is 0 Å². The van der Waals surface area contributed by atoms with Crippen molar-refractivity contribution >= 4 is 11.8 Å². The van der Waals surface area contributed by atoms with Crippen molar-refractivity contribution in [3.05, 3.63) is 36.2 Å². The summed E-state index contributed by atoms with van der Waals surface area (Å²) in [6.07, 6.45) is 6.83. The molecule has 1 saturated carbocycles. The number of carbonyl (C=O) groups excluding carboxylic acids is 2. The monoisotopic (exact) mass is 467 g/mol. The maximum atomic E-state index is 13.8. The van der Waals surface area contributed by atoms with Gasteiger partial charge in [-0.2, -0.15) is 0 Å². The second-order valence-electron chi connectivity index (χ2n) is 10.4. The molecule has 0 spiro atoms. The molecule has 2 aromatic rings. The van der Waals surface area contributed by atoms with Crippen LogP contribution < -0.4 is 5.32 Å². The highest BCUT2D eigenvalue weighted by Crippen LogP contribution is 2.34. The highest BCUT2D eigenvalue weighted by molar-refractivity contribution is 6.00. The molecule has 0 unspecified atom stereocenters. The van der Waals surface area contributed by atoms with Crippen LogP contribution in [0.2, 0.25) is 0 Å². The normalized spacial score (nSPS) is 24.5. The molecule has 2 aromatic heterocycles. The van der Waals surface area contributed by atoms with E-state index in [-0.39, 0.29) is 17.9 Å². The summed E-state index contributed by atoms with van der Waals surface area (Å²) in [4.78, 5) is 34.1. The summed E-state index contributed by atoms with van der Waals surface area (Å²) in [5, 5.41) is 3.28. The van der Waals surface area contributed by atoms with Crippen molar-refractivity contribution in [2.24, 2.45) is 0 Å². The van der Waals surface area contributed by atoms with E-state index in [1.807, 2.05) is 40.7 Å². The lowest BCUT2D eigenvalue weighted by Gasteiger charge is -2.45. The predicted molar refractivity (Wildman–Crippen MR) is 131 cm³/mol. The molecule has 0 radical (unpaired) electrons. The van der Waals surface area contributed by atoms with Gasteiger partial charge < -0.3 is 29.0 Å². The number of fused-ring (bicyclic) bond motifs is 1. The summed E-state index contributed by atoms with van der Waals surface area (Å²) in [7, 11) is 2.16. The fraction of sp³-hybridized carbons (Fsp3) is 0.615. The number of furan rings is 1. The van der Waals surface area contributed by atoms with Gasteiger partial charge in [0.2, 0.25) is 5.91 Å². The van der Waals surface area contributed by atoms with Gasteiger partial charge >= 0.3 is 0 Å². The first-order valence-corrected chi connectivity index (χ1v) is 12.7. The number of hydrogen-bond acceptors (Lipinski definition) is 5. The van der Waals surface area contributed by atoms with E-state index in [9.17, 15) is 9.59 Å². The lowest BCUT2D eigenvalue weighted by molar-refractivity contribution is -0.133. The molecular formula is C26H37N5O3. The predicted octanol–water partition coefficient (Wildman–Crippen LogP) is 2.66. The van der Waals surface area contributed by atoms with Crippen LogP contribution >= 0.6 is 0 Å². The molecule has 5 rings (SSSR count). The number of piperazine rings is 1. The first kappa shape index (κ1) is 23.2. The standard InChI is InChI=1S/C26H37N5O3/c1-26(25(33)27-20-7-3-4-8-20)19-30-21(23-9-5-18-34-23)10-11-22(30)24(32)31(26)13-6-12-29-16-14-28(2)15-17-29/h5,9-11,18,20H,3-4,6-8,12-17,19H2,1-2H3,(H,27,33)/t26-/m1/s1. The van der Waals surface area contributed by atoms with Crippen LogP contribution in [0.5, 0.6) is 0 Å². The molecule has 1 N–H and O–H groups in total. The van der Waals surface area contributed by atoms with E-state index in [1.54, 1.807) is 6.26 Å².